The molecule has 0 heterocycles. The van der Waals surface area contributed by atoms with Gasteiger partial charge in [0.25, 0.3) is 0 Å². The van der Waals surface area contributed by atoms with E-state index >= 15 is 0 Å². The summed E-state index contributed by atoms with van der Waals surface area (Å²) in [6.07, 6.45) is 7.78. The minimum absolute atomic E-state index is 0.583. The zero-order valence-electron chi connectivity index (χ0n) is 12.3. The molecule has 0 saturated carbocycles. The molecule has 20 heavy (non-hydrogen) atoms. The van der Waals surface area contributed by atoms with E-state index in [4.69, 9.17) is 9.47 Å². The first-order valence-corrected chi connectivity index (χ1v) is 7.08. The Morgan fingerprint density at radius 3 is 2.45 bits per heavy atom. The molecule has 2 heteroatoms. The second kappa shape index (κ2) is 10.0. The standard InChI is InChI=1S/C18H24O2/c1-4-7-13-19-14-15-20-18-11-9-17(10-12-18)16(6-3)8-5-2/h5-6,8-12H,2-4,7,13-15H2,1H3/b16-8+. The van der Waals surface area contributed by atoms with E-state index in [1.165, 1.54) is 0 Å². The van der Waals surface area contributed by atoms with Gasteiger partial charge in [-0.1, -0.05) is 56.9 Å². The highest BCUT2D eigenvalue weighted by Gasteiger charge is 1.98. The van der Waals surface area contributed by atoms with Crippen LogP contribution in [0.4, 0.5) is 0 Å². The van der Waals surface area contributed by atoms with Gasteiger partial charge in [-0.3, -0.25) is 0 Å². The molecule has 0 aliphatic carbocycles. The van der Waals surface area contributed by atoms with Crippen molar-refractivity contribution in [3.8, 4) is 5.75 Å². The largest absolute Gasteiger partial charge is 0.491 e. The molecule has 0 unspecified atom stereocenters. The van der Waals surface area contributed by atoms with Crippen molar-refractivity contribution in [1.82, 2.24) is 0 Å². The summed E-state index contributed by atoms with van der Waals surface area (Å²) < 4.78 is 11.1. The lowest BCUT2D eigenvalue weighted by molar-refractivity contribution is 0.0980. The maximum absolute atomic E-state index is 5.62. The minimum Gasteiger partial charge on any atom is -0.491 e. The van der Waals surface area contributed by atoms with Gasteiger partial charge in [0.1, 0.15) is 12.4 Å². The van der Waals surface area contributed by atoms with Crippen LogP contribution in [0.1, 0.15) is 25.3 Å². The summed E-state index contributed by atoms with van der Waals surface area (Å²) in [5.74, 6) is 0.856. The molecule has 0 radical (unpaired) electrons. The lowest BCUT2D eigenvalue weighted by atomic mass is 10.1. The Balaban J connectivity index is 2.40. The van der Waals surface area contributed by atoms with E-state index < -0.39 is 0 Å². The van der Waals surface area contributed by atoms with Crippen LogP contribution in [0.3, 0.4) is 0 Å². The van der Waals surface area contributed by atoms with Gasteiger partial charge in [0.15, 0.2) is 0 Å². The molecule has 0 aromatic heterocycles. The van der Waals surface area contributed by atoms with Crippen LogP contribution in [0.15, 0.2) is 55.7 Å². The van der Waals surface area contributed by atoms with E-state index in [1.807, 2.05) is 36.4 Å². The molecule has 0 aliphatic rings. The van der Waals surface area contributed by atoms with Crippen molar-refractivity contribution in [2.45, 2.75) is 19.8 Å². The van der Waals surface area contributed by atoms with Gasteiger partial charge in [-0.25, -0.2) is 0 Å². The molecular formula is C18H24O2. The molecule has 0 spiro atoms. The normalized spacial score (nSPS) is 11.2. The first-order chi connectivity index (χ1) is 9.81. The average Bonchev–Trinajstić information content (AvgIpc) is 2.49. The average molecular weight is 272 g/mol. The summed E-state index contributed by atoms with van der Waals surface area (Å²) in [6.45, 7) is 11.7. The van der Waals surface area contributed by atoms with Crippen LogP contribution in [0.25, 0.3) is 5.57 Å². The van der Waals surface area contributed by atoms with Crippen LogP contribution >= 0.6 is 0 Å². The molecule has 1 aromatic rings. The van der Waals surface area contributed by atoms with Crippen LogP contribution in [-0.4, -0.2) is 19.8 Å². The number of rotatable bonds is 10. The predicted octanol–water partition coefficient (Wildman–Crippen LogP) is 4.64. The van der Waals surface area contributed by atoms with Crippen LogP contribution in [0, 0.1) is 0 Å². The lowest BCUT2D eigenvalue weighted by Gasteiger charge is -2.08. The maximum Gasteiger partial charge on any atom is 0.119 e. The van der Waals surface area contributed by atoms with E-state index in [1.54, 1.807) is 6.08 Å². The first-order valence-electron chi connectivity index (χ1n) is 7.08. The third-order valence-corrected chi connectivity index (χ3v) is 2.84. The highest BCUT2D eigenvalue weighted by atomic mass is 16.5. The number of unbranched alkanes of at least 4 members (excludes halogenated alkanes) is 1. The quantitative estimate of drug-likeness (QED) is 0.456. The zero-order valence-corrected chi connectivity index (χ0v) is 12.3. The Morgan fingerprint density at radius 2 is 1.85 bits per heavy atom. The number of ether oxygens (including phenoxy) is 2. The smallest absolute Gasteiger partial charge is 0.119 e. The molecule has 0 fully saturated rings. The van der Waals surface area contributed by atoms with Gasteiger partial charge in [0.05, 0.1) is 6.61 Å². The van der Waals surface area contributed by atoms with Crippen molar-refractivity contribution in [1.29, 1.82) is 0 Å². The second-order valence-corrected chi connectivity index (χ2v) is 4.40. The van der Waals surface area contributed by atoms with Crippen LogP contribution in [-0.2, 0) is 4.74 Å². The highest BCUT2D eigenvalue weighted by molar-refractivity contribution is 5.74. The van der Waals surface area contributed by atoms with Gasteiger partial charge in [-0.2, -0.15) is 0 Å². The summed E-state index contributed by atoms with van der Waals surface area (Å²) in [7, 11) is 0. The summed E-state index contributed by atoms with van der Waals surface area (Å²) in [4.78, 5) is 0. The fourth-order valence-corrected chi connectivity index (χ4v) is 1.72. The molecule has 0 saturated heterocycles. The van der Waals surface area contributed by atoms with Crippen LogP contribution < -0.4 is 4.74 Å². The predicted molar refractivity (Wildman–Crippen MR) is 86.0 cm³/mol. The SMILES string of the molecule is C=C/C=C(\C=C)c1ccc(OCCOCCCC)cc1. The van der Waals surface area contributed by atoms with Crippen LogP contribution in [0.5, 0.6) is 5.75 Å². The second-order valence-electron chi connectivity index (χ2n) is 4.40. The summed E-state index contributed by atoms with van der Waals surface area (Å²) in [5, 5.41) is 0. The van der Waals surface area contributed by atoms with Crippen molar-refractivity contribution >= 4 is 5.57 Å². The Morgan fingerprint density at radius 1 is 1.10 bits per heavy atom. The number of benzene rings is 1. The van der Waals surface area contributed by atoms with Gasteiger partial charge in [-0.15, -0.1) is 0 Å². The third-order valence-electron chi connectivity index (χ3n) is 2.84. The minimum atomic E-state index is 0.583. The Bertz CT molecular complexity index is 429. The summed E-state index contributed by atoms with van der Waals surface area (Å²) in [6, 6.07) is 7.96. The molecule has 1 rings (SSSR count). The maximum atomic E-state index is 5.62. The molecule has 108 valence electrons. The molecule has 0 aliphatic heterocycles. The molecule has 0 amide bonds. The Kier molecular flexibility index (Phi) is 8.16. The summed E-state index contributed by atoms with van der Waals surface area (Å²) >= 11 is 0. The fraction of sp³-hybridized carbons (Fsp3) is 0.333. The number of hydrogen-bond acceptors (Lipinski definition) is 2. The first kappa shape index (κ1) is 16.3. The van der Waals surface area contributed by atoms with Crippen LogP contribution in [0.2, 0.25) is 0 Å². The molecule has 1 aromatic carbocycles. The van der Waals surface area contributed by atoms with Gasteiger partial charge >= 0.3 is 0 Å². The van der Waals surface area contributed by atoms with Gasteiger partial charge in [0.2, 0.25) is 0 Å². The van der Waals surface area contributed by atoms with E-state index in [-0.39, 0.29) is 0 Å². The molecule has 0 bridgehead atoms. The summed E-state index contributed by atoms with van der Waals surface area (Å²) in [5.41, 5.74) is 2.15. The van der Waals surface area contributed by atoms with E-state index in [0.29, 0.717) is 13.2 Å². The zero-order chi connectivity index (χ0) is 14.6. The molecular weight excluding hydrogens is 248 g/mol. The Hall–Kier alpha value is -1.80. The van der Waals surface area contributed by atoms with Gasteiger partial charge < -0.3 is 9.47 Å². The van der Waals surface area contributed by atoms with Crippen molar-refractivity contribution < 1.29 is 9.47 Å². The molecule has 0 atom stereocenters. The van der Waals surface area contributed by atoms with Crippen molar-refractivity contribution in [3.63, 3.8) is 0 Å². The topological polar surface area (TPSA) is 18.5 Å². The highest BCUT2D eigenvalue weighted by Crippen LogP contribution is 2.19. The van der Waals surface area contributed by atoms with E-state index in [2.05, 4.69) is 20.1 Å². The van der Waals surface area contributed by atoms with Gasteiger partial charge in [0, 0.05) is 6.61 Å². The third kappa shape index (κ3) is 5.89. The fourth-order valence-electron chi connectivity index (χ4n) is 1.72. The van der Waals surface area contributed by atoms with Crippen molar-refractivity contribution in [2.75, 3.05) is 19.8 Å². The van der Waals surface area contributed by atoms with Gasteiger partial charge in [-0.05, 0) is 29.7 Å². The monoisotopic (exact) mass is 272 g/mol. The lowest BCUT2D eigenvalue weighted by Crippen LogP contribution is -2.07. The van der Waals surface area contributed by atoms with E-state index in [0.717, 1.165) is 36.3 Å². The van der Waals surface area contributed by atoms with E-state index in [9.17, 15) is 0 Å². The van der Waals surface area contributed by atoms with Crippen molar-refractivity contribution in [3.05, 3.63) is 61.2 Å². The van der Waals surface area contributed by atoms with Crippen molar-refractivity contribution in [2.24, 2.45) is 0 Å². The molecule has 0 N–H and O–H groups in total. The molecule has 2 nitrogen and oxygen atoms in total. The number of hydrogen-bond donors (Lipinski definition) is 0. The number of allylic oxidation sites excluding steroid dienone is 4. The Labute approximate surface area is 122 Å².